The maximum Gasteiger partial charge on any atom is 0.306 e. The Morgan fingerprint density at radius 1 is 1.19 bits per heavy atom. The second kappa shape index (κ2) is 7.78. The molecule has 0 unspecified atom stereocenters. The van der Waals surface area contributed by atoms with Gasteiger partial charge in [-0.3, -0.25) is 14.4 Å². The van der Waals surface area contributed by atoms with Crippen LogP contribution in [0, 0.1) is 5.82 Å². The molecular weight excluding hydrogens is 413 g/mol. The van der Waals surface area contributed by atoms with Gasteiger partial charge in [0.15, 0.2) is 6.10 Å². The zero-order chi connectivity index (χ0) is 22.4. The number of rotatable bonds is 4. The second-order valence-corrected chi connectivity index (χ2v) is 8.31. The fourth-order valence-electron chi connectivity index (χ4n) is 4.72. The molecule has 2 N–H and O–H groups in total. The van der Waals surface area contributed by atoms with Crippen LogP contribution in [-0.4, -0.2) is 46.9 Å². The third-order valence-corrected chi connectivity index (χ3v) is 6.26. The van der Waals surface area contributed by atoms with Crippen LogP contribution >= 0.6 is 0 Å². The highest BCUT2D eigenvalue weighted by Gasteiger charge is 2.41. The lowest BCUT2D eigenvalue weighted by Crippen LogP contribution is -2.47. The largest absolute Gasteiger partial charge is 0.452 e. The van der Waals surface area contributed by atoms with Gasteiger partial charge in [-0.1, -0.05) is 24.3 Å². The predicted octanol–water partition coefficient (Wildman–Crippen LogP) is 2.87. The summed E-state index contributed by atoms with van der Waals surface area (Å²) in [6.45, 7) is 0. The van der Waals surface area contributed by atoms with Crippen LogP contribution in [0.5, 0.6) is 0 Å². The summed E-state index contributed by atoms with van der Waals surface area (Å²) in [5.41, 5.74) is 2.98. The lowest BCUT2D eigenvalue weighted by molar-refractivity contribution is -0.153. The molecule has 2 aliphatic rings. The smallest absolute Gasteiger partial charge is 0.306 e. The fourth-order valence-corrected chi connectivity index (χ4v) is 4.72. The summed E-state index contributed by atoms with van der Waals surface area (Å²) in [4.78, 5) is 42.1. The first-order valence-electron chi connectivity index (χ1n) is 10.5. The van der Waals surface area contributed by atoms with E-state index in [9.17, 15) is 18.8 Å². The zero-order valence-electron chi connectivity index (χ0n) is 17.4. The molecule has 1 saturated heterocycles. The van der Waals surface area contributed by atoms with E-state index in [0.29, 0.717) is 29.4 Å². The van der Waals surface area contributed by atoms with Gasteiger partial charge in [0.1, 0.15) is 11.5 Å². The van der Waals surface area contributed by atoms with Crippen molar-refractivity contribution in [1.29, 1.82) is 0 Å². The summed E-state index contributed by atoms with van der Waals surface area (Å²) < 4.78 is 18.7. The number of likely N-dealkylation sites (N-methyl/N-ethyl adjacent to an activating group) is 1. The average molecular weight is 435 g/mol. The number of aromatic amines is 1. The monoisotopic (exact) mass is 435 g/mol. The number of cyclic esters (lactones) is 1. The SMILES string of the molecule is CN(C(=O)[C@@H]1CCC(=O)O1)[C@H]1c2ccccc2C[C@H]1NC(=O)c1cc2cc(F)ccc2[nH]1. The fraction of sp³-hybridized carbons (Fsp3) is 0.292. The maximum atomic E-state index is 13.5. The number of carbonyl (C=O) groups is 3. The number of halogens is 1. The van der Waals surface area contributed by atoms with E-state index in [0.717, 1.165) is 11.1 Å². The van der Waals surface area contributed by atoms with Crippen LogP contribution in [0.3, 0.4) is 0 Å². The molecule has 3 atom stereocenters. The minimum Gasteiger partial charge on any atom is -0.452 e. The number of fused-ring (bicyclic) bond motifs is 2. The number of esters is 1. The van der Waals surface area contributed by atoms with Crippen molar-refractivity contribution in [3.63, 3.8) is 0 Å². The Labute approximate surface area is 183 Å². The molecule has 7 nitrogen and oxygen atoms in total. The molecule has 0 bridgehead atoms. The highest BCUT2D eigenvalue weighted by molar-refractivity contribution is 5.98. The molecule has 0 spiro atoms. The van der Waals surface area contributed by atoms with Crippen molar-refractivity contribution in [3.8, 4) is 0 Å². The number of aromatic nitrogens is 1. The minimum atomic E-state index is -0.791. The van der Waals surface area contributed by atoms with E-state index in [1.165, 1.54) is 12.1 Å². The molecule has 1 fully saturated rings. The highest BCUT2D eigenvalue weighted by Crippen LogP contribution is 2.36. The van der Waals surface area contributed by atoms with Gasteiger partial charge < -0.3 is 19.9 Å². The van der Waals surface area contributed by atoms with Gasteiger partial charge in [0.25, 0.3) is 11.8 Å². The van der Waals surface area contributed by atoms with E-state index in [4.69, 9.17) is 4.74 Å². The van der Waals surface area contributed by atoms with Gasteiger partial charge in [-0.15, -0.1) is 0 Å². The number of amides is 2. The van der Waals surface area contributed by atoms with Crippen molar-refractivity contribution in [2.45, 2.75) is 37.5 Å². The van der Waals surface area contributed by atoms with Crippen LogP contribution in [0.1, 0.15) is 40.5 Å². The first-order chi connectivity index (χ1) is 15.4. The van der Waals surface area contributed by atoms with Crippen LogP contribution in [-0.2, 0) is 20.7 Å². The van der Waals surface area contributed by atoms with Crippen molar-refractivity contribution in [1.82, 2.24) is 15.2 Å². The molecule has 8 heteroatoms. The Morgan fingerprint density at radius 3 is 2.78 bits per heavy atom. The van der Waals surface area contributed by atoms with Gasteiger partial charge in [0, 0.05) is 30.8 Å². The lowest BCUT2D eigenvalue weighted by atomic mass is 10.0. The highest BCUT2D eigenvalue weighted by atomic mass is 19.1. The number of nitrogens with one attached hydrogen (secondary N) is 2. The quantitative estimate of drug-likeness (QED) is 0.617. The third-order valence-electron chi connectivity index (χ3n) is 6.26. The molecule has 2 amide bonds. The molecule has 3 aromatic rings. The van der Waals surface area contributed by atoms with E-state index >= 15 is 0 Å². The van der Waals surface area contributed by atoms with Crippen LogP contribution in [0.25, 0.3) is 10.9 Å². The molecule has 5 rings (SSSR count). The molecule has 2 aromatic carbocycles. The number of H-pyrrole nitrogens is 1. The van der Waals surface area contributed by atoms with Gasteiger partial charge >= 0.3 is 5.97 Å². The topological polar surface area (TPSA) is 91.5 Å². The van der Waals surface area contributed by atoms with Gasteiger partial charge in [-0.05, 0) is 41.8 Å². The second-order valence-electron chi connectivity index (χ2n) is 8.31. The summed E-state index contributed by atoms with van der Waals surface area (Å²) in [6, 6.07) is 12.9. The van der Waals surface area contributed by atoms with Gasteiger partial charge in [0.05, 0.1) is 12.1 Å². The molecule has 1 aromatic heterocycles. The van der Waals surface area contributed by atoms with Crippen molar-refractivity contribution in [3.05, 3.63) is 71.2 Å². The number of hydrogen-bond donors (Lipinski definition) is 2. The van der Waals surface area contributed by atoms with Crippen LogP contribution in [0.4, 0.5) is 4.39 Å². The first-order valence-corrected chi connectivity index (χ1v) is 10.5. The van der Waals surface area contributed by atoms with Crippen molar-refractivity contribution >= 4 is 28.7 Å². The first kappa shape index (κ1) is 20.2. The van der Waals surface area contributed by atoms with Crippen LogP contribution in [0.2, 0.25) is 0 Å². The summed E-state index contributed by atoms with van der Waals surface area (Å²) >= 11 is 0. The molecule has 0 radical (unpaired) electrons. The molecule has 32 heavy (non-hydrogen) atoms. The van der Waals surface area contributed by atoms with E-state index < -0.39 is 12.1 Å². The van der Waals surface area contributed by atoms with Crippen molar-refractivity contribution < 1.29 is 23.5 Å². The normalized spacial score (nSPS) is 21.9. The summed E-state index contributed by atoms with van der Waals surface area (Å²) in [5, 5.41) is 3.65. The Bertz CT molecular complexity index is 1240. The Balaban J connectivity index is 1.40. The molecular formula is C24H22FN3O4. The number of hydrogen-bond acceptors (Lipinski definition) is 4. The van der Waals surface area contributed by atoms with Crippen LogP contribution < -0.4 is 5.32 Å². The predicted molar refractivity (Wildman–Crippen MR) is 114 cm³/mol. The molecule has 1 aliphatic heterocycles. The average Bonchev–Trinajstić information content (AvgIpc) is 3.48. The van der Waals surface area contributed by atoms with Crippen molar-refractivity contribution in [2.24, 2.45) is 0 Å². The van der Waals surface area contributed by atoms with E-state index in [-0.39, 0.29) is 36.1 Å². The number of ether oxygens (including phenoxy) is 1. The van der Waals surface area contributed by atoms with E-state index in [1.807, 2.05) is 24.3 Å². The third kappa shape index (κ3) is 3.51. The summed E-state index contributed by atoms with van der Waals surface area (Å²) in [5.74, 6) is -1.36. The summed E-state index contributed by atoms with van der Waals surface area (Å²) in [7, 11) is 1.67. The van der Waals surface area contributed by atoms with Gasteiger partial charge in [-0.25, -0.2) is 4.39 Å². The zero-order valence-corrected chi connectivity index (χ0v) is 17.4. The number of nitrogens with zero attached hydrogens (tertiary/aromatic N) is 1. The molecule has 0 saturated carbocycles. The van der Waals surface area contributed by atoms with Crippen LogP contribution in [0.15, 0.2) is 48.5 Å². The van der Waals surface area contributed by atoms with Gasteiger partial charge in [-0.2, -0.15) is 0 Å². The van der Waals surface area contributed by atoms with E-state index in [1.54, 1.807) is 24.1 Å². The van der Waals surface area contributed by atoms with Crippen molar-refractivity contribution in [2.75, 3.05) is 7.05 Å². The lowest BCUT2D eigenvalue weighted by Gasteiger charge is -2.32. The Hall–Kier alpha value is -3.68. The minimum absolute atomic E-state index is 0.229. The van der Waals surface area contributed by atoms with Gasteiger partial charge in [0.2, 0.25) is 0 Å². The molecule has 1 aliphatic carbocycles. The molecule has 2 heterocycles. The summed E-state index contributed by atoms with van der Waals surface area (Å²) in [6.07, 6.45) is 0.357. The Morgan fingerprint density at radius 2 is 2.00 bits per heavy atom. The van der Waals surface area contributed by atoms with E-state index in [2.05, 4.69) is 10.3 Å². The Kier molecular flexibility index (Phi) is 4.92. The molecule has 164 valence electrons. The standard InChI is InChI=1S/C24H22FN3O4/c1-28(24(31)20-8-9-21(29)32-20)22-16-5-3-2-4-13(16)11-18(22)27-23(30)19-12-14-10-15(25)6-7-17(14)26-19/h2-7,10,12,18,20,22,26H,8-9,11H2,1H3,(H,27,30)/t18-,20+,22+/m1/s1. The number of benzene rings is 2. The maximum absolute atomic E-state index is 13.5. The number of carbonyl (C=O) groups excluding carboxylic acids is 3.